The first-order valence-electron chi connectivity index (χ1n) is 10.3. The normalized spacial score (nSPS) is 10.8. The summed E-state index contributed by atoms with van der Waals surface area (Å²) in [6, 6.07) is 12.1. The first kappa shape index (κ1) is 22.4. The number of carbonyl (C=O) groups is 1. The van der Waals surface area contributed by atoms with E-state index in [1.165, 1.54) is 12.1 Å². The molecule has 31 heavy (non-hydrogen) atoms. The number of nitrogens with zero attached hydrogens (tertiary/aromatic N) is 1. The van der Waals surface area contributed by atoms with Crippen molar-refractivity contribution in [2.45, 2.75) is 33.7 Å². The van der Waals surface area contributed by atoms with Crippen molar-refractivity contribution >= 4 is 5.91 Å². The predicted molar refractivity (Wildman–Crippen MR) is 120 cm³/mol. The molecule has 0 spiro atoms. The van der Waals surface area contributed by atoms with Gasteiger partial charge in [-0.15, -0.1) is 0 Å². The van der Waals surface area contributed by atoms with Gasteiger partial charge in [0.2, 0.25) is 0 Å². The van der Waals surface area contributed by atoms with Crippen molar-refractivity contribution in [3.05, 3.63) is 81.9 Å². The molecule has 0 aliphatic rings. The number of halogens is 1. The van der Waals surface area contributed by atoms with Gasteiger partial charge in [-0.1, -0.05) is 18.2 Å². The Balaban J connectivity index is 1.74. The van der Waals surface area contributed by atoms with Gasteiger partial charge in [0.05, 0.1) is 14.2 Å². The monoisotopic (exact) mass is 424 g/mol. The average molecular weight is 425 g/mol. The third-order valence-corrected chi connectivity index (χ3v) is 5.75. The summed E-state index contributed by atoms with van der Waals surface area (Å²) < 4.78 is 25.9. The van der Waals surface area contributed by atoms with Gasteiger partial charge in [0, 0.05) is 18.8 Å². The van der Waals surface area contributed by atoms with Crippen LogP contribution in [0.15, 0.2) is 42.5 Å². The molecule has 0 bridgehead atoms. The molecule has 164 valence electrons. The smallest absolute Gasteiger partial charge is 0.268 e. The van der Waals surface area contributed by atoms with Crippen molar-refractivity contribution < 1.29 is 18.7 Å². The molecule has 0 unspecified atom stereocenters. The Labute approximate surface area is 182 Å². The van der Waals surface area contributed by atoms with E-state index in [1.807, 2.05) is 43.5 Å². The molecular formula is C25H29FN2O3. The Morgan fingerprint density at radius 1 is 0.935 bits per heavy atom. The summed E-state index contributed by atoms with van der Waals surface area (Å²) in [6.45, 7) is 7.00. The van der Waals surface area contributed by atoms with Crippen LogP contribution < -0.4 is 14.8 Å². The third-order valence-electron chi connectivity index (χ3n) is 5.75. The average Bonchev–Trinajstić information content (AvgIpc) is 2.98. The molecule has 5 nitrogen and oxygen atoms in total. The summed E-state index contributed by atoms with van der Waals surface area (Å²) in [7, 11) is 3.21. The van der Waals surface area contributed by atoms with E-state index in [-0.39, 0.29) is 11.7 Å². The van der Waals surface area contributed by atoms with Crippen LogP contribution in [0.3, 0.4) is 0 Å². The van der Waals surface area contributed by atoms with Crippen LogP contribution in [0.2, 0.25) is 0 Å². The molecule has 1 amide bonds. The fourth-order valence-corrected chi connectivity index (χ4v) is 3.72. The molecule has 1 N–H and O–H groups in total. The third kappa shape index (κ3) is 4.90. The SMILES string of the molecule is COc1ccc(CCNC(=O)c2c(C)c(C)c(C)n2Cc2ccc(F)cc2)cc1OC. The summed E-state index contributed by atoms with van der Waals surface area (Å²) in [6.07, 6.45) is 0.668. The molecule has 0 atom stereocenters. The zero-order chi connectivity index (χ0) is 22.5. The molecule has 1 heterocycles. The second-order valence-electron chi connectivity index (χ2n) is 7.59. The summed E-state index contributed by atoms with van der Waals surface area (Å²) in [4.78, 5) is 13.1. The van der Waals surface area contributed by atoms with Gasteiger partial charge >= 0.3 is 0 Å². The maximum absolute atomic E-state index is 13.3. The predicted octanol–water partition coefficient (Wildman–Crippen LogP) is 4.59. The van der Waals surface area contributed by atoms with Gasteiger partial charge < -0.3 is 19.4 Å². The minimum absolute atomic E-state index is 0.115. The zero-order valence-corrected chi connectivity index (χ0v) is 18.7. The van der Waals surface area contributed by atoms with Crippen molar-refractivity contribution in [2.24, 2.45) is 0 Å². The fourth-order valence-electron chi connectivity index (χ4n) is 3.72. The second kappa shape index (κ2) is 9.69. The molecular weight excluding hydrogens is 395 g/mol. The number of benzene rings is 2. The van der Waals surface area contributed by atoms with E-state index in [0.717, 1.165) is 27.9 Å². The van der Waals surface area contributed by atoms with Gasteiger partial charge in [0.15, 0.2) is 11.5 Å². The number of nitrogens with one attached hydrogen (secondary N) is 1. The highest BCUT2D eigenvalue weighted by atomic mass is 19.1. The van der Waals surface area contributed by atoms with Crippen LogP contribution >= 0.6 is 0 Å². The molecule has 0 aliphatic carbocycles. The number of rotatable bonds is 8. The summed E-state index contributed by atoms with van der Waals surface area (Å²) in [5, 5.41) is 3.04. The van der Waals surface area contributed by atoms with Crippen LogP contribution in [0.4, 0.5) is 4.39 Å². The van der Waals surface area contributed by atoms with E-state index >= 15 is 0 Å². The standard InChI is InChI=1S/C25H29FN2O3/c1-16-17(2)24(28(18(16)3)15-20-6-9-21(26)10-7-20)25(29)27-13-12-19-8-11-22(30-4)23(14-19)31-5/h6-11,14H,12-13,15H2,1-5H3,(H,27,29). The molecule has 1 aromatic heterocycles. The van der Waals surface area contributed by atoms with Gasteiger partial charge in [-0.05, 0) is 73.7 Å². The van der Waals surface area contributed by atoms with Crippen molar-refractivity contribution in [3.63, 3.8) is 0 Å². The van der Waals surface area contributed by atoms with Crippen molar-refractivity contribution in [3.8, 4) is 11.5 Å². The molecule has 3 rings (SSSR count). The van der Waals surface area contributed by atoms with Crippen LogP contribution in [0.1, 0.15) is 38.4 Å². The number of methoxy groups -OCH3 is 2. The summed E-state index contributed by atoms with van der Waals surface area (Å²) >= 11 is 0. The molecule has 3 aromatic rings. The lowest BCUT2D eigenvalue weighted by Crippen LogP contribution is -2.29. The lowest BCUT2D eigenvalue weighted by Gasteiger charge is -2.14. The number of hydrogen-bond acceptors (Lipinski definition) is 3. The summed E-state index contributed by atoms with van der Waals surface area (Å²) in [5.74, 6) is 0.960. The molecule has 6 heteroatoms. The Morgan fingerprint density at radius 2 is 1.58 bits per heavy atom. The number of ether oxygens (including phenoxy) is 2. The van der Waals surface area contributed by atoms with Crippen LogP contribution in [0.5, 0.6) is 11.5 Å². The van der Waals surface area contributed by atoms with Crippen molar-refractivity contribution in [1.82, 2.24) is 9.88 Å². The maximum atomic E-state index is 13.3. The fraction of sp³-hybridized carbons (Fsp3) is 0.320. The summed E-state index contributed by atoms with van der Waals surface area (Å²) in [5.41, 5.74) is 5.72. The highest BCUT2D eigenvalue weighted by Gasteiger charge is 2.20. The first-order valence-corrected chi connectivity index (χ1v) is 10.3. The van der Waals surface area contributed by atoms with Gasteiger partial charge in [-0.25, -0.2) is 4.39 Å². The van der Waals surface area contributed by atoms with Gasteiger partial charge in [0.1, 0.15) is 11.5 Å². The molecule has 0 fully saturated rings. The van der Waals surface area contributed by atoms with E-state index in [9.17, 15) is 9.18 Å². The number of aromatic nitrogens is 1. The van der Waals surface area contributed by atoms with E-state index in [1.54, 1.807) is 26.4 Å². The number of amides is 1. The second-order valence-corrected chi connectivity index (χ2v) is 7.59. The number of carbonyl (C=O) groups excluding carboxylic acids is 1. The van der Waals surface area contributed by atoms with E-state index in [0.29, 0.717) is 36.7 Å². The molecule has 2 aromatic carbocycles. The number of hydrogen-bond donors (Lipinski definition) is 1. The van der Waals surface area contributed by atoms with Crippen molar-refractivity contribution in [2.75, 3.05) is 20.8 Å². The molecule has 0 radical (unpaired) electrons. The molecule has 0 aliphatic heterocycles. The van der Waals surface area contributed by atoms with Crippen LogP contribution in [0.25, 0.3) is 0 Å². The topological polar surface area (TPSA) is 52.5 Å². The van der Waals surface area contributed by atoms with Crippen LogP contribution in [0, 0.1) is 26.6 Å². The Hall–Kier alpha value is -3.28. The lowest BCUT2D eigenvalue weighted by molar-refractivity contribution is 0.0944. The zero-order valence-electron chi connectivity index (χ0n) is 18.7. The lowest BCUT2D eigenvalue weighted by atomic mass is 10.1. The Bertz CT molecular complexity index is 1070. The minimum Gasteiger partial charge on any atom is -0.493 e. The molecule has 0 saturated carbocycles. The van der Waals surface area contributed by atoms with E-state index < -0.39 is 0 Å². The quantitative estimate of drug-likeness (QED) is 0.575. The minimum atomic E-state index is -0.270. The highest BCUT2D eigenvalue weighted by Crippen LogP contribution is 2.27. The van der Waals surface area contributed by atoms with Crippen molar-refractivity contribution in [1.29, 1.82) is 0 Å². The Morgan fingerprint density at radius 3 is 2.23 bits per heavy atom. The van der Waals surface area contributed by atoms with E-state index in [4.69, 9.17) is 9.47 Å². The highest BCUT2D eigenvalue weighted by molar-refractivity contribution is 5.95. The van der Waals surface area contributed by atoms with Crippen LogP contribution in [-0.4, -0.2) is 31.2 Å². The first-order chi connectivity index (χ1) is 14.8. The van der Waals surface area contributed by atoms with Crippen LogP contribution in [-0.2, 0) is 13.0 Å². The van der Waals surface area contributed by atoms with Gasteiger partial charge in [-0.3, -0.25) is 4.79 Å². The largest absolute Gasteiger partial charge is 0.493 e. The van der Waals surface area contributed by atoms with Gasteiger partial charge in [0.25, 0.3) is 5.91 Å². The van der Waals surface area contributed by atoms with E-state index in [2.05, 4.69) is 5.32 Å². The van der Waals surface area contributed by atoms with Gasteiger partial charge in [-0.2, -0.15) is 0 Å². The molecule has 0 saturated heterocycles. The Kier molecular flexibility index (Phi) is 7.00. The maximum Gasteiger partial charge on any atom is 0.268 e.